The van der Waals surface area contributed by atoms with E-state index in [-0.39, 0.29) is 17.9 Å². The molecule has 106 valence electrons. The van der Waals surface area contributed by atoms with Crippen LogP contribution in [-0.2, 0) is 9.47 Å². The lowest BCUT2D eigenvalue weighted by Gasteiger charge is -2.25. The average Bonchev–Trinajstić information content (AvgIpc) is 3.08. The molecule has 0 spiro atoms. The van der Waals surface area contributed by atoms with E-state index in [0.29, 0.717) is 5.92 Å². The van der Waals surface area contributed by atoms with Gasteiger partial charge in [-0.15, -0.1) is 0 Å². The van der Waals surface area contributed by atoms with Gasteiger partial charge >= 0.3 is 5.97 Å². The lowest BCUT2D eigenvalue weighted by atomic mass is 9.90. The normalized spacial score (nSPS) is 24.4. The summed E-state index contributed by atoms with van der Waals surface area (Å²) in [6, 6.07) is 3.55. The van der Waals surface area contributed by atoms with Crippen LogP contribution in [0.2, 0.25) is 0 Å². The van der Waals surface area contributed by atoms with Crippen molar-refractivity contribution in [1.29, 1.82) is 0 Å². The van der Waals surface area contributed by atoms with Crippen molar-refractivity contribution in [2.24, 2.45) is 5.92 Å². The Morgan fingerprint density at radius 2 is 2.37 bits per heavy atom. The van der Waals surface area contributed by atoms with Crippen LogP contribution in [0, 0.1) is 5.92 Å². The van der Waals surface area contributed by atoms with Gasteiger partial charge in [-0.1, -0.05) is 6.92 Å². The Hall–Kier alpha value is -1.33. The van der Waals surface area contributed by atoms with Crippen LogP contribution in [-0.4, -0.2) is 32.8 Å². The smallest absolute Gasteiger partial charge is 0.373 e. The highest BCUT2D eigenvalue weighted by molar-refractivity contribution is 5.86. The third-order valence-electron chi connectivity index (χ3n) is 3.72. The molecule has 1 N–H and O–H groups in total. The summed E-state index contributed by atoms with van der Waals surface area (Å²) >= 11 is 0. The minimum absolute atomic E-state index is 0.0610. The van der Waals surface area contributed by atoms with E-state index in [1.54, 1.807) is 6.07 Å². The van der Waals surface area contributed by atoms with Gasteiger partial charge < -0.3 is 19.2 Å². The van der Waals surface area contributed by atoms with Crippen molar-refractivity contribution >= 4 is 5.97 Å². The second kappa shape index (κ2) is 6.21. The first-order chi connectivity index (χ1) is 9.21. The molecule has 1 saturated heterocycles. The number of ether oxygens (including phenoxy) is 2. The highest BCUT2D eigenvalue weighted by atomic mass is 16.5. The van der Waals surface area contributed by atoms with E-state index in [9.17, 15) is 4.79 Å². The van der Waals surface area contributed by atoms with Crippen molar-refractivity contribution in [3.05, 3.63) is 23.7 Å². The van der Waals surface area contributed by atoms with Gasteiger partial charge in [0.25, 0.3) is 0 Å². The zero-order chi connectivity index (χ0) is 13.8. The second-order valence-electron chi connectivity index (χ2n) is 4.73. The summed E-state index contributed by atoms with van der Waals surface area (Å²) in [5, 5.41) is 3.27. The quantitative estimate of drug-likeness (QED) is 0.828. The molecule has 0 aliphatic carbocycles. The minimum Gasteiger partial charge on any atom is -0.463 e. The molecule has 3 unspecified atom stereocenters. The number of furan rings is 1. The van der Waals surface area contributed by atoms with Gasteiger partial charge in [-0.25, -0.2) is 4.79 Å². The number of hydrogen-bond donors (Lipinski definition) is 1. The first-order valence-electron chi connectivity index (χ1n) is 6.68. The van der Waals surface area contributed by atoms with Crippen LogP contribution < -0.4 is 5.32 Å². The largest absolute Gasteiger partial charge is 0.463 e. The molecule has 3 atom stereocenters. The molecule has 0 bridgehead atoms. The molecule has 0 aromatic carbocycles. The molecule has 1 aromatic rings. The summed E-state index contributed by atoms with van der Waals surface area (Å²) in [6.07, 6.45) is 2.22. The topological polar surface area (TPSA) is 60.7 Å². The van der Waals surface area contributed by atoms with Gasteiger partial charge in [0.1, 0.15) is 5.76 Å². The Bertz CT molecular complexity index is 429. The summed E-state index contributed by atoms with van der Waals surface area (Å²) in [7, 11) is 3.24. The molecule has 0 radical (unpaired) electrons. The summed E-state index contributed by atoms with van der Waals surface area (Å²) in [5.41, 5.74) is 0. The van der Waals surface area contributed by atoms with Crippen molar-refractivity contribution in [3.63, 3.8) is 0 Å². The number of rotatable bonds is 5. The number of nitrogens with one attached hydrogen (secondary N) is 1. The fraction of sp³-hybridized carbons (Fsp3) is 0.643. The van der Waals surface area contributed by atoms with Crippen LogP contribution in [0.3, 0.4) is 0 Å². The summed E-state index contributed by atoms with van der Waals surface area (Å²) < 4.78 is 16.0. The molecular weight excluding hydrogens is 246 g/mol. The lowest BCUT2D eigenvalue weighted by molar-refractivity contribution is 0.0556. The predicted molar refractivity (Wildman–Crippen MR) is 70.0 cm³/mol. The Kier molecular flexibility index (Phi) is 4.61. The standard InChI is InChI=1S/C14H21NO4/c1-4-10-9(7-8-18-10)13(15-2)11-5-6-12(19-11)14(16)17-3/h5-6,9-10,13,15H,4,7-8H2,1-3H3. The van der Waals surface area contributed by atoms with Crippen molar-refractivity contribution in [2.75, 3.05) is 20.8 Å². The average molecular weight is 267 g/mol. The van der Waals surface area contributed by atoms with Crippen LogP contribution in [0.1, 0.15) is 42.1 Å². The fourth-order valence-electron chi connectivity index (χ4n) is 2.76. The van der Waals surface area contributed by atoms with Gasteiger partial charge in [-0.2, -0.15) is 0 Å². The van der Waals surface area contributed by atoms with Gasteiger partial charge in [-0.3, -0.25) is 0 Å². The summed E-state index contributed by atoms with van der Waals surface area (Å²) in [6.45, 7) is 2.91. The summed E-state index contributed by atoms with van der Waals surface area (Å²) in [4.78, 5) is 11.4. The molecule has 5 nitrogen and oxygen atoms in total. The lowest BCUT2D eigenvalue weighted by Crippen LogP contribution is -2.30. The predicted octanol–water partition coefficient (Wildman–Crippen LogP) is 2.14. The van der Waals surface area contributed by atoms with Gasteiger partial charge in [0.05, 0.1) is 19.3 Å². The fourth-order valence-corrected chi connectivity index (χ4v) is 2.76. The van der Waals surface area contributed by atoms with Crippen molar-refractivity contribution in [2.45, 2.75) is 31.9 Å². The van der Waals surface area contributed by atoms with Gasteiger partial charge in [0.15, 0.2) is 0 Å². The molecule has 5 heteroatoms. The molecule has 1 aliphatic rings. The number of carbonyl (C=O) groups is 1. The van der Waals surface area contributed by atoms with Crippen molar-refractivity contribution < 1.29 is 18.7 Å². The molecule has 1 aliphatic heterocycles. The molecule has 1 aromatic heterocycles. The Balaban J connectivity index is 2.17. The maximum atomic E-state index is 11.4. The van der Waals surface area contributed by atoms with Gasteiger partial charge in [0, 0.05) is 12.5 Å². The monoisotopic (exact) mass is 267 g/mol. The van der Waals surface area contributed by atoms with E-state index >= 15 is 0 Å². The SMILES string of the molecule is CCC1OCCC1C(NC)c1ccc(C(=O)OC)o1. The van der Waals surface area contributed by atoms with E-state index in [4.69, 9.17) is 9.15 Å². The number of esters is 1. The molecule has 2 heterocycles. The van der Waals surface area contributed by atoms with Crippen molar-refractivity contribution in [3.8, 4) is 0 Å². The second-order valence-corrected chi connectivity index (χ2v) is 4.73. The summed E-state index contributed by atoms with van der Waals surface area (Å²) in [5.74, 6) is 0.920. The zero-order valence-electron chi connectivity index (χ0n) is 11.6. The Morgan fingerprint density at radius 3 is 3.00 bits per heavy atom. The molecule has 0 saturated carbocycles. The van der Waals surface area contributed by atoms with E-state index in [0.717, 1.165) is 25.2 Å². The van der Waals surface area contributed by atoms with Crippen LogP contribution >= 0.6 is 0 Å². The Morgan fingerprint density at radius 1 is 1.58 bits per heavy atom. The van der Waals surface area contributed by atoms with Crippen LogP contribution in [0.25, 0.3) is 0 Å². The third-order valence-corrected chi connectivity index (χ3v) is 3.72. The third kappa shape index (κ3) is 2.82. The van der Waals surface area contributed by atoms with Crippen LogP contribution in [0.4, 0.5) is 0 Å². The zero-order valence-corrected chi connectivity index (χ0v) is 11.6. The maximum absolute atomic E-state index is 11.4. The number of methoxy groups -OCH3 is 1. The van der Waals surface area contributed by atoms with Gasteiger partial charge in [-0.05, 0) is 32.0 Å². The Labute approximate surface area is 113 Å². The van der Waals surface area contributed by atoms with Crippen molar-refractivity contribution in [1.82, 2.24) is 5.32 Å². The van der Waals surface area contributed by atoms with Gasteiger partial charge in [0.2, 0.25) is 5.76 Å². The number of carbonyl (C=O) groups excluding carboxylic acids is 1. The molecule has 1 fully saturated rings. The number of hydrogen-bond acceptors (Lipinski definition) is 5. The molecular formula is C14H21NO4. The first kappa shape index (κ1) is 14.1. The molecule has 0 amide bonds. The van der Waals surface area contributed by atoms with Crippen LogP contribution in [0.15, 0.2) is 16.5 Å². The maximum Gasteiger partial charge on any atom is 0.373 e. The van der Waals surface area contributed by atoms with Crippen LogP contribution in [0.5, 0.6) is 0 Å². The molecule has 2 rings (SSSR count). The molecule has 19 heavy (non-hydrogen) atoms. The van der Waals surface area contributed by atoms with E-state index in [2.05, 4.69) is 17.0 Å². The van der Waals surface area contributed by atoms with E-state index < -0.39 is 5.97 Å². The minimum atomic E-state index is -0.448. The van der Waals surface area contributed by atoms with E-state index in [1.165, 1.54) is 7.11 Å². The highest BCUT2D eigenvalue weighted by Gasteiger charge is 2.35. The van der Waals surface area contributed by atoms with E-state index in [1.807, 2.05) is 13.1 Å². The highest BCUT2D eigenvalue weighted by Crippen LogP contribution is 2.35. The first-order valence-corrected chi connectivity index (χ1v) is 6.68.